The van der Waals surface area contributed by atoms with Crippen LogP contribution in [-0.4, -0.2) is 29.8 Å². The highest BCUT2D eigenvalue weighted by molar-refractivity contribution is 7.91. The molecule has 1 unspecified atom stereocenters. The summed E-state index contributed by atoms with van der Waals surface area (Å²) in [5.41, 5.74) is 2.89. The Bertz CT molecular complexity index is 1610. The number of aliphatic carboxylic acids is 1. The minimum absolute atomic E-state index is 0.138. The molecule has 7 heteroatoms. The normalized spacial score (nSPS) is 16.8. The third-order valence-corrected chi connectivity index (χ3v) is 8.17. The molecule has 172 valence electrons. The number of nitrogens with zero attached hydrogens (tertiary/aromatic N) is 1. The molecule has 1 N–H and O–H groups in total. The monoisotopic (exact) mass is 473 g/mol. The van der Waals surface area contributed by atoms with Gasteiger partial charge in [0.25, 0.3) is 5.56 Å². The van der Waals surface area contributed by atoms with Crippen LogP contribution in [0.2, 0.25) is 0 Å². The van der Waals surface area contributed by atoms with Gasteiger partial charge in [-0.1, -0.05) is 72.3 Å². The Morgan fingerprint density at radius 3 is 2.50 bits per heavy atom. The van der Waals surface area contributed by atoms with E-state index in [4.69, 9.17) is 0 Å². The van der Waals surface area contributed by atoms with Crippen molar-refractivity contribution in [3.05, 3.63) is 99.8 Å². The first-order chi connectivity index (χ1) is 16.3. The molecule has 1 aromatic heterocycles. The molecule has 5 rings (SSSR count). The van der Waals surface area contributed by atoms with Gasteiger partial charge in [0, 0.05) is 11.6 Å². The predicted octanol–water partition coefficient (Wildman–Crippen LogP) is 4.37. The minimum atomic E-state index is -3.88. The van der Waals surface area contributed by atoms with Gasteiger partial charge in [0.2, 0.25) is 0 Å². The van der Waals surface area contributed by atoms with Crippen LogP contribution in [-0.2, 0) is 21.1 Å². The number of pyridine rings is 1. The van der Waals surface area contributed by atoms with Gasteiger partial charge in [-0.3, -0.25) is 9.36 Å². The lowest BCUT2D eigenvalue weighted by molar-refractivity contribution is -0.141. The van der Waals surface area contributed by atoms with Crippen molar-refractivity contribution in [1.29, 1.82) is 0 Å². The molecule has 0 aliphatic carbocycles. The van der Waals surface area contributed by atoms with Crippen LogP contribution in [0.3, 0.4) is 0 Å². The van der Waals surface area contributed by atoms with E-state index in [2.05, 4.69) is 0 Å². The molecule has 1 atom stereocenters. The number of carboxylic acids is 1. The summed E-state index contributed by atoms with van der Waals surface area (Å²) in [4.78, 5) is 25.2. The van der Waals surface area contributed by atoms with Crippen LogP contribution in [0.5, 0.6) is 0 Å². The topological polar surface area (TPSA) is 93.4 Å². The average Bonchev–Trinajstić information content (AvgIpc) is 2.79. The molecule has 0 spiro atoms. The number of benzene rings is 3. The van der Waals surface area contributed by atoms with Crippen molar-refractivity contribution in [2.24, 2.45) is 0 Å². The lowest BCUT2D eigenvalue weighted by Crippen LogP contribution is -2.39. The largest absolute Gasteiger partial charge is 0.480 e. The van der Waals surface area contributed by atoms with E-state index in [0.29, 0.717) is 23.1 Å². The maximum Gasteiger partial charge on any atom is 0.326 e. The van der Waals surface area contributed by atoms with Crippen LogP contribution in [0.1, 0.15) is 29.2 Å². The molecule has 0 radical (unpaired) electrons. The molecule has 0 saturated heterocycles. The van der Waals surface area contributed by atoms with Gasteiger partial charge < -0.3 is 5.11 Å². The summed E-state index contributed by atoms with van der Waals surface area (Å²) < 4.78 is 27.6. The molecule has 0 saturated carbocycles. The fraction of sp³-hybridized carbons (Fsp3) is 0.185. The van der Waals surface area contributed by atoms with Crippen LogP contribution in [0, 0.1) is 6.92 Å². The molecular formula is C27H23NO5S. The summed E-state index contributed by atoms with van der Waals surface area (Å²) in [6, 6.07) is 21.4. The standard InChI is InChI=1S/C27H23NO5S/c1-17-6-4-10-20(14-17)25-21(15-19-9-5-8-18-7-2-3-11-22(18)19)16-24(29)28-23(27(30)31)12-13-34(32,33)26(25)28/h2-11,14,16,23H,12-13,15H2,1H3,(H,30,31). The van der Waals surface area contributed by atoms with E-state index in [0.717, 1.165) is 26.5 Å². The Labute approximate surface area is 197 Å². The Morgan fingerprint density at radius 2 is 1.74 bits per heavy atom. The zero-order valence-electron chi connectivity index (χ0n) is 18.6. The molecule has 4 aromatic rings. The number of carbonyl (C=O) groups is 1. The molecule has 1 aliphatic rings. The maximum absolute atomic E-state index is 13.3. The molecule has 34 heavy (non-hydrogen) atoms. The Morgan fingerprint density at radius 1 is 1.00 bits per heavy atom. The van der Waals surface area contributed by atoms with Crippen LogP contribution in [0.25, 0.3) is 21.9 Å². The first-order valence-electron chi connectivity index (χ1n) is 11.0. The Balaban J connectivity index is 1.85. The third kappa shape index (κ3) is 3.72. The highest BCUT2D eigenvalue weighted by atomic mass is 32.2. The SMILES string of the molecule is Cc1cccc(-c2c(Cc3cccc4ccccc34)cc(=O)n3c2S(=O)(=O)CCC3C(=O)O)c1. The number of fused-ring (bicyclic) bond motifs is 2. The van der Waals surface area contributed by atoms with Gasteiger partial charge in [-0.15, -0.1) is 0 Å². The minimum Gasteiger partial charge on any atom is -0.480 e. The zero-order valence-corrected chi connectivity index (χ0v) is 19.4. The molecular weight excluding hydrogens is 450 g/mol. The molecule has 0 amide bonds. The first-order valence-corrected chi connectivity index (χ1v) is 12.7. The number of hydrogen-bond acceptors (Lipinski definition) is 4. The number of carboxylic acid groups (broad SMARTS) is 1. The van der Waals surface area contributed by atoms with E-state index < -0.39 is 27.4 Å². The Kier molecular flexibility index (Phi) is 5.37. The van der Waals surface area contributed by atoms with Crippen molar-refractivity contribution in [2.45, 2.75) is 30.8 Å². The average molecular weight is 474 g/mol. The van der Waals surface area contributed by atoms with Gasteiger partial charge in [-0.25, -0.2) is 13.2 Å². The fourth-order valence-corrected chi connectivity index (χ4v) is 6.68. The first kappa shape index (κ1) is 22.1. The van der Waals surface area contributed by atoms with Crippen LogP contribution >= 0.6 is 0 Å². The van der Waals surface area contributed by atoms with E-state index in [-0.39, 0.29) is 17.2 Å². The number of aromatic nitrogens is 1. The van der Waals surface area contributed by atoms with Gasteiger partial charge in [-0.05, 0) is 47.2 Å². The number of aryl methyl sites for hydroxylation is 1. The van der Waals surface area contributed by atoms with Gasteiger partial charge in [0.05, 0.1) is 5.75 Å². The van der Waals surface area contributed by atoms with Crippen molar-refractivity contribution in [3.63, 3.8) is 0 Å². The summed E-state index contributed by atoms with van der Waals surface area (Å²) in [6.45, 7) is 1.91. The van der Waals surface area contributed by atoms with Crippen molar-refractivity contribution >= 4 is 26.6 Å². The summed E-state index contributed by atoms with van der Waals surface area (Å²) in [7, 11) is -3.88. The second kappa shape index (κ2) is 8.25. The second-order valence-electron chi connectivity index (χ2n) is 8.70. The van der Waals surface area contributed by atoms with E-state index in [1.165, 1.54) is 6.07 Å². The molecule has 0 bridgehead atoms. The van der Waals surface area contributed by atoms with Crippen molar-refractivity contribution in [1.82, 2.24) is 4.57 Å². The predicted molar refractivity (Wildman–Crippen MR) is 131 cm³/mol. The molecule has 0 fully saturated rings. The van der Waals surface area contributed by atoms with Crippen LogP contribution in [0.15, 0.2) is 82.6 Å². The zero-order chi connectivity index (χ0) is 24.0. The lowest BCUT2D eigenvalue weighted by atomic mass is 9.93. The van der Waals surface area contributed by atoms with Crippen molar-refractivity contribution in [3.8, 4) is 11.1 Å². The molecule has 6 nitrogen and oxygen atoms in total. The molecule has 3 aromatic carbocycles. The molecule has 1 aliphatic heterocycles. The van der Waals surface area contributed by atoms with Gasteiger partial charge >= 0.3 is 5.97 Å². The molecule has 2 heterocycles. The quantitative estimate of drug-likeness (QED) is 0.475. The van der Waals surface area contributed by atoms with Gasteiger partial charge in [-0.2, -0.15) is 0 Å². The van der Waals surface area contributed by atoms with Gasteiger partial charge in [0.1, 0.15) is 11.1 Å². The van der Waals surface area contributed by atoms with Crippen LogP contribution in [0.4, 0.5) is 0 Å². The van der Waals surface area contributed by atoms with E-state index >= 15 is 0 Å². The smallest absolute Gasteiger partial charge is 0.326 e. The number of rotatable bonds is 4. The second-order valence-corrected chi connectivity index (χ2v) is 10.7. The van der Waals surface area contributed by atoms with E-state index in [1.54, 1.807) is 6.07 Å². The van der Waals surface area contributed by atoms with Crippen molar-refractivity contribution in [2.75, 3.05) is 5.75 Å². The van der Waals surface area contributed by atoms with E-state index in [9.17, 15) is 23.1 Å². The summed E-state index contributed by atoms with van der Waals surface area (Å²) in [5, 5.41) is 11.6. The number of hydrogen-bond donors (Lipinski definition) is 1. The fourth-order valence-electron chi connectivity index (χ4n) is 4.88. The highest BCUT2D eigenvalue weighted by Crippen LogP contribution is 2.37. The van der Waals surface area contributed by atoms with E-state index in [1.807, 2.05) is 67.6 Å². The number of sulfone groups is 1. The summed E-state index contributed by atoms with van der Waals surface area (Å²) in [6.07, 6.45) is 0.196. The lowest BCUT2D eigenvalue weighted by Gasteiger charge is -2.28. The van der Waals surface area contributed by atoms with Crippen molar-refractivity contribution < 1.29 is 18.3 Å². The maximum atomic E-state index is 13.3. The third-order valence-electron chi connectivity index (χ3n) is 6.41. The highest BCUT2D eigenvalue weighted by Gasteiger charge is 2.38. The summed E-state index contributed by atoms with van der Waals surface area (Å²) in [5.74, 6) is -1.53. The Hall–Kier alpha value is -3.71. The summed E-state index contributed by atoms with van der Waals surface area (Å²) >= 11 is 0. The van der Waals surface area contributed by atoms with Gasteiger partial charge in [0.15, 0.2) is 9.84 Å². The van der Waals surface area contributed by atoms with Crippen LogP contribution < -0.4 is 5.56 Å².